The van der Waals surface area contributed by atoms with E-state index in [9.17, 15) is 21.6 Å². The number of halogens is 1. The number of fused-ring (bicyclic) bond motifs is 4. The third kappa shape index (κ3) is 6.70. The summed E-state index contributed by atoms with van der Waals surface area (Å²) in [6, 6.07) is 11.0. The highest BCUT2D eigenvalue weighted by Crippen LogP contribution is 2.47. The van der Waals surface area contributed by atoms with Crippen LogP contribution in [0.15, 0.2) is 36.4 Å². The van der Waals surface area contributed by atoms with Crippen LogP contribution in [0.3, 0.4) is 0 Å². The van der Waals surface area contributed by atoms with E-state index < -0.39 is 26.0 Å². The fourth-order valence-corrected chi connectivity index (χ4v) is 9.73. The minimum absolute atomic E-state index is 0.166. The van der Waals surface area contributed by atoms with Crippen molar-refractivity contribution in [3.05, 3.63) is 58.1 Å². The summed E-state index contributed by atoms with van der Waals surface area (Å²) < 4.78 is 61.9. The molecule has 2 aromatic carbocycles. The quantitative estimate of drug-likeness (QED) is 0.495. The van der Waals surface area contributed by atoms with Crippen molar-refractivity contribution < 1.29 is 26.4 Å². The number of ether oxygens (including phenoxy) is 1. The van der Waals surface area contributed by atoms with Gasteiger partial charge in [-0.25, -0.2) is 26.3 Å². The van der Waals surface area contributed by atoms with Crippen molar-refractivity contribution in [3.63, 3.8) is 0 Å². The molecule has 0 radical (unpaired) electrons. The Labute approximate surface area is 259 Å². The second-order valence-corrected chi connectivity index (χ2v) is 16.9. The molecule has 2 aliphatic carbocycles. The number of nitrogens with zero attached hydrogens (tertiary/aromatic N) is 1. The van der Waals surface area contributed by atoms with Gasteiger partial charge in [-0.3, -0.25) is 4.79 Å². The molecule has 6 rings (SSSR count). The van der Waals surface area contributed by atoms with Gasteiger partial charge in [0.2, 0.25) is 20.0 Å². The van der Waals surface area contributed by atoms with Crippen LogP contribution in [-0.4, -0.2) is 60.5 Å². The van der Waals surface area contributed by atoms with Gasteiger partial charge >= 0.3 is 0 Å². The van der Waals surface area contributed by atoms with Gasteiger partial charge in [-0.15, -0.1) is 0 Å². The lowest BCUT2D eigenvalue weighted by atomic mass is 9.67. The largest absolute Gasteiger partial charge is 0.490 e. The predicted molar refractivity (Wildman–Crippen MR) is 168 cm³/mol. The average molecular weight is 650 g/mol. The molecule has 1 fully saturated rings. The molecule has 2 bridgehead atoms. The number of benzene rings is 2. The van der Waals surface area contributed by atoms with Crippen molar-refractivity contribution in [2.75, 3.05) is 36.6 Å². The molecule has 4 atom stereocenters. The molecule has 2 heterocycles. The Bertz CT molecular complexity index is 1620. The Balaban J connectivity index is 1.41. The molecule has 1 amide bonds. The van der Waals surface area contributed by atoms with Gasteiger partial charge in [0.25, 0.3) is 5.91 Å². The van der Waals surface area contributed by atoms with Crippen LogP contribution in [0.5, 0.6) is 5.75 Å². The standard InChI is InChI=1S/C31H40ClN3O6S2/c1-42(37,38)33-27-7-3-2-4-15-43(39,40)34-30(36)22-9-13-29-28(17-22)35(18-23-8-11-25(23)27)19-31(20-41-29)14-5-6-21-16-24(32)10-12-26(21)31/h9-10,12-13,16-17,23,25,27,33H,2-8,11,14-15,18-20H2,1H3,(H,34,36)/t23-,25+,27+,31-/m0/s1. The van der Waals surface area contributed by atoms with Crippen molar-refractivity contribution in [2.45, 2.75) is 69.2 Å². The molecule has 1 spiro atoms. The van der Waals surface area contributed by atoms with E-state index in [4.69, 9.17) is 16.3 Å². The van der Waals surface area contributed by atoms with Crippen molar-refractivity contribution in [1.29, 1.82) is 0 Å². The molecular formula is C31H40ClN3O6S2. The van der Waals surface area contributed by atoms with Gasteiger partial charge < -0.3 is 9.64 Å². The number of nitrogens with one attached hydrogen (secondary N) is 2. The van der Waals surface area contributed by atoms with Crippen LogP contribution in [0.25, 0.3) is 0 Å². The van der Waals surface area contributed by atoms with E-state index >= 15 is 0 Å². The number of aryl methyl sites for hydroxylation is 1. The molecule has 2 aromatic rings. The summed E-state index contributed by atoms with van der Waals surface area (Å²) in [5, 5.41) is 0.714. The van der Waals surface area contributed by atoms with E-state index in [0.29, 0.717) is 56.2 Å². The van der Waals surface area contributed by atoms with E-state index in [1.807, 2.05) is 6.07 Å². The maximum Gasteiger partial charge on any atom is 0.264 e. The van der Waals surface area contributed by atoms with Crippen molar-refractivity contribution in [2.24, 2.45) is 11.8 Å². The van der Waals surface area contributed by atoms with Crippen molar-refractivity contribution in [1.82, 2.24) is 9.44 Å². The SMILES string of the molecule is CS(=O)(=O)N[C@@H]1CCCCCS(=O)(=O)NC(=O)c2ccc3c(c2)N(C[C@@H]2CC[C@H]21)C[C@@]1(CCCc2cc(Cl)ccc21)CO3. The molecular weight excluding hydrogens is 610 g/mol. The van der Waals surface area contributed by atoms with E-state index in [1.54, 1.807) is 18.2 Å². The Morgan fingerprint density at radius 2 is 1.91 bits per heavy atom. The van der Waals surface area contributed by atoms with Crippen LogP contribution in [0, 0.1) is 11.8 Å². The van der Waals surface area contributed by atoms with E-state index in [1.165, 1.54) is 17.4 Å². The molecule has 2 N–H and O–H groups in total. The lowest BCUT2D eigenvalue weighted by Crippen LogP contribution is -2.52. The summed E-state index contributed by atoms with van der Waals surface area (Å²) >= 11 is 6.39. The second-order valence-electron chi connectivity index (χ2n) is 12.9. The van der Waals surface area contributed by atoms with Crippen LogP contribution < -0.4 is 19.1 Å². The molecule has 43 heavy (non-hydrogen) atoms. The molecule has 234 valence electrons. The first-order chi connectivity index (χ1) is 20.4. The number of rotatable bonds is 2. The minimum Gasteiger partial charge on any atom is -0.490 e. The topological polar surface area (TPSA) is 122 Å². The zero-order chi connectivity index (χ0) is 30.4. The molecule has 9 nitrogen and oxygen atoms in total. The first-order valence-electron chi connectivity index (χ1n) is 15.2. The Morgan fingerprint density at radius 3 is 2.67 bits per heavy atom. The van der Waals surface area contributed by atoms with E-state index in [-0.39, 0.29) is 34.6 Å². The Hall–Kier alpha value is -2.34. The fourth-order valence-electron chi connectivity index (χ4n) is 7.61. The molecule has 12 heteroatoms. The first kappa shape index (κ1) is 30.7. The molecule has 4 aliphatic rings. The lowest BCUT2D eigenvalue weighted by molar-refractivity contribution is 0.0981. The number of amides is 1. The third-order valence-corrected chi connectivity index (χ3v) is 12.1. The smallest absolute Gasteiger partial charge is 0.264 e. The van der Waals surface area contributed by atoms with E-state index in [0.717, 1.165) is 37.8 Å². The zero-order valence-electron chi connectivity index (χ0n) is 24.5. The van der Waals surface area contributed by atoms with Gasteiger partial charge in [0, 0.05) is 35.1 Å². The summed E-state index contributed by atoms with van der Waals surface area (Å²) in [5.74, 6) is 0.256. The number of hydrogen-bond acceptors (Lipinski definition) is 7. The highest BCUT2D eigenvalue weighted by Gasteiger charge is 2.44. The lowest BCUT2D eigenvalue weighted by Gasteiger charge is -2.46. The van der Waals surface area contributed by atoms with E-state index in [2.05, 4.69) is 26.5 Å². The number of hydrogen-bond donors (Lipinski definition) is 2. The number of anilines is 1. The fraction of sp³-hybridized carbons (Fsp3) is 0.581. The van der Waals surface area contributed by atoms with Gasteiger partial charge in [0.05, 0.1) is 24.3 Å². The van der Waals surface area contributed by atoms with Gasteiger partial charge in [0.1, 0.15) is 5.75 Å². The highest BCUT2D eigenvalue weighted by atomic mass is 35.5. The Morgan fingerprint density at radius 1 is 1.07 bits per heavy atom. The molecule has 0 aromatic heterocycles. The minimum atomic E-state index is -3.83. The highest BCUT2D eigenvalue weighted by molar-refractivity contribution is 7.90. The monoisotopic (exact) mass is 649 g/mol. The predicted octanol–water partition coefficient (Wildman–Crippen LogP) is 4.39. The van der Waals surface area contributed by atoms with Crippen LogP contribution >= 0.6 is 11.6 Å². The van der Waals surface area contributed by atoms with Crippen LogP contribution in [0.4, 0.5) is 5.69 Å². The molecule has 2 aliphatic heterocycles. The van der Waals surface area contributed by atoms with Crippen LogP contribution in [-0.2, 0) is 31.9 Å². The molecule has 0 unspecified atom stereocenters. The summed E-state index contributed by atoms with van der Waals surface area (Å²) in [6.45, 7) is 1.81. The van der Waals surface area contributed by atoms with Crippen LogP contribution in [0.1, 0.15) is 72.9 Å². The summed E-state index contributed by atoms with van der Waals surface area (Å²) in [4.78, 5) is 15.5. The van der Waals surface area contributed by atoms with Gasteiger partial charge in [-0.2, -0.15) is 0 Å². The summed E-state index contributed by atoms with van der Waals surface area (Å²) in [5.41, 5.74) is 3.18. The first-order valence-corrected chi connectivity index (χ1v) is 19.2. The van der Waals surface area contributed by atoms with Gasteiger partial charge in [-0.05, 0) is 98.2 Å². The maximum absolute atomic E-state index is 13.2. The Kier molecular flexibility index (Phi) is 8.47. The molecule has 1 saturated carbocycles. The second kappa shape index (κ2) is 11.9. The van der Waals surface area contributed by atoms with Gasteiger partial charge in [-0.1, -0.05) is 30.5 Å². The third-order valence-electron chi connectivity index (χ3n) is 9.79. The number of sulfonamides is 2. The summed E-state index contributed by atoms with van der Waals surface area (Å²) in [7, 11) is -7.25. The van der Waals surface area contributed by atoms with Crippen molar-refractivity contribution >= 4 is 43.2 Å². The maximum atomic E-state index is 13.2. The zero-order valence-corrected chi connectivity index (χ0v) is 26.9. The van der Waals surface area contributed by atoms with Crippen LogP contribution in [0.2, 0.25) is 5.02 Å². The normalized spacial score (nSPS) is 29.3. The number of carbonyl (C=O) groups is 1. The average Bonchev–Trinajstić information content (AvgIpc) is 3.06. The molecule has 0 saturated heterocycles. The summed E-state index contributed by atoms with van der Waals surface area (Å²) in [6.07, 6.45) is 8.36. The van der Waals surface area contributed by atoms with Crippen molar-refractivity contribution in [3.8, 4) is 5.75 Å². The van der Waals surface area contributed by atoms with Gasteiger partial charge in [0.15, 0.2) is 0 Å². The number of carbonyl (C=O) groups excluding carboxylic acids is 1.